The first-order chi connectivity index (χ1) is 8.79. The second kappa shape index (κ2) is 6.78. The summed E-state index contributed by atoms with van der Waals surface area (Å²) in [5, 5.41) is 11.8. The number of amides is 1. The molecule has 2 N–H and O–H groups in total. The van der Waals surface area contributed by atoms with Crippen molar-refractivity contribution < 1.29 is 19.4 Å². The molecule has 2 atom stereocenters. The summed E-state index contributed by atoms with van der Waals surface area (Å²) in [6, 6.07) is 0. The second-order valence-corrected chi connectivity index (χ2v) is 6.21. The Bertz CT molecular complexity index is 322. The van der Waals surface area contributed by atoms with Crippen LogP contribution >= 0.6 is 0 Å². The van der Waals surface area contributed by atoms with E-state index in [-0.39, 0.29) is 11.8 Å². The Kier molecular flexibility index (Phi) is 5.63. The molecule has 0 aromatic rings. The Balaban J connectivity index is 2.31. The van der Waals surface area contributed by atoms with Crippen molar-refractivity contribution in [2.75, 3.05) is 6.54 Å². The molecular weight excluding hydrogens is 246 g/mol. The lowest BCUT2D eigenvalue weighted by molar-refractivity contribution is -0.145. The highest BCUT2D eigenvalue weighted by Gasteiger charge is 2.30. The number of alkyl carbamates (subject to hydrolysis) is 1. The summed E-state index contributed by atoms with van der Waals surface area (Å²) >= 11 is 0. The van der Waals surface area contributed by atoms with E-state index in [0.717, 1.165) is 25.7 Å². The van der Waals surface area contributed by atoms with Gasteiger partial charge in [0, 0.05) is 6.54 Å². The third-order valence-electron chi connectivity index (χ3n) is 3.41. The molecule has 0 bridgehead atoms. The Labute approximate surface area is 114 Å². The largest absolute Gasteiger partial charge is 0.481 e. The number of aliphatic carboxylic acids is 1. The highest BCUT2D eigenvalue weighted by molar-refractivity contribution is 5.70. The molecule has 0 saturated heterocycles. The van der Waals surface area contributed by atoms with Gasteiger partial charge in [-0.1, -0.05) is 12.8 Å². The molecule has 0 spiro atoms. The Morgan fingerprint density at radius 3 is 2.47 bits per heavy atom. The number of carboxylic acids is 1. The van der Waals surface area contributed by atoms with E-state index < -0.39 is 17.7 Å². The van der Waals surface area contributed by atoms with Crippen molar-refractivity contribution >= 4 is 12.1 Å². The van der Waals surface area contributed by atoms with E-state index >= 15 is 0 Å². The molecule has 5 nitrogen and oxygen atoms in total. The molecule has 1 aliphatic carbocycles. The van der Waals surface area contributed by atoms with Crippen LogP contribution in [0.2, 0.25) is 0 Å². The quantitative estimate of drug-likeness (QED) is 0.824. The van der Waals surface area contributed by atoms with Crippen LogP contribution in [0.4, 0.5) is 4.79 Å². The highest BCUT2D eigenvalue weighted by atomic mass is 16.6. The van der Waals surface area contributed by atoms with E-state index in [1.54, 1.807) is 0 Å². The van der Waals surface area contributed by atoms with E-state index in [1.165, 1.54) is 0 Å². The third kappa shape index (κ3) is 5.94. The van der Waals surface area contributed by atoms with E-state index in [9.17, 15) is 9.59 Å². The number of carbonyl (C=O) groups excluding carboxylic acids is 1. The summed E-state index contributed by atoms with van der Waals surface area (Å²) in [5.41, 5.74) is -0.501. The van der Waals surface area contributed by atoms with Crippen LogP contribution < -0.4 is 5.32 Å². The minimum atomic E-state index is -0.707. The van der Waals surface area contributed by atoms with Crippen molar-refractivity contribution in [1.82, 2.24) is 5.32 Å². The second-order valence-electron chi connectivity index (χ2n) is 6.21. The van der Waals surface area contributed by atoms with Crippen molar-refractivity contribution in [3.8, 4) is 0 Å². The fourth-order valence-electron chi connectivity index (χ4n) is 2.55. The lowest BCUT2D eigenvalue weighted by atomic mass is 9.77. The molecule has 1 saturated carbocycles. The molecule has 1 amide bonds. The van der Waals surface area contributed by atoms with E-state index in [0.29, 0.717) is 13.0 Å². The summed E-state index contributed by atoms with van der Waals surface area (Å²) in [7, 11) is 0. The van der Waals surface area contributed by atoms with Gasteiger partial charge in [0.05, 0.1) is 5.92 Å². The molecule has 1 aliphatic rings. The zero-order chi connectivity index (χ0) is 14.5. The molecular formula is C14H25NO4. The standard InChI is InChI=1S/C14H25NO4/c1-14(2,3)19-13(18)15-9-8-10-6-4-5-7-11(10)12(16)17/h10-11H,4-9H2,1-3H3,(H,15,18)(H,16,17). The van der Waals surface area contributed by atoms with Gasteiger partial charge in [0.15, 0.2) is 0 Å². The van der Waals surface area contributed by atoms with Gasteiger partial charge >= 0.3 is 12.1 Å². The van der Waals surface area contributed by atoms with Crippen molar-refractivity contribution in [3.05, 3.63) is 0 Å². The van der Waals surface area contributed by atoms with Gasteiger partial charge in [0.2, 0.25) is 0 Å². The van der Waals surface area contributed by atoms with Crippen LogP contribution in [0.1, 0.15) is 52.9 Å². The number of carboxylic acid groups (broad SMARTS) is 1. The number of hydrogen-bond donors (Lipinski definition) is 2. The van der Waals surface area contributed by atoms with Gasteiger partial charge < -0.3 is 15.2 Å². The van der Waals surface area contributed by atoms with Crippen LogP contribution in [0.25, 0.3) is 0 Å². The Morgan fingerprint density at radius 1 is 1.26 bits per heavy atom. The normalized spacial score (nSPS) is 23.7. The first-order valence-corrected chi connectivity index (χ1v) is 6.99. The molecule has 110 valence electrons. The average Bonchev–Trinajstić information content (AvgIpc) is 2.27. The monoisotopic (exact) mass is 271 g/mol. The van der Waals surface area contributed by atoms with Gasteiger partial charge in [0.25, 0.3) is 0 Å². The predicted molar refractivity (Wildman–Crippen MR) is 71.9 cm³/mol. The topological polar surface area (TPSA) is 75.6 Å². The van der Waals surface area contributed by atoms with E-state index in [4.69, 9.17) is 9.84 Å². The number of nitrogens with one attached hydrogen (secondary N) is 1. The molecule has 0 aromatic carbocycles. The maximum absolute atomic E-state index is 11.5. The van der Waals surface area contributed by atoms with Gasteiger partial charge in [-0.25, -0.2) is 4.79 Å². The zero-order valence-electron chi connectivity index (χ0n) is 12.1. The molecule has 0 aliphatic heterocycles. The van der Waals surface area contributed by atoms with Crippen LogP contribution in [0.3, 0.4) is 0 Å². The Hall–Kier alpha value is -1.26. The number of ether oxygens (including phenoxy) is 1. The van der Waals surface area contributed by atoms with E-state index in [2.05, 4.69) is 5.32 Å². The van der Waals surface area contributed by atoms with Crippen molar-refractivity contribution in [1.29, 1.82) is 0 Å². The van der Waals surface area contributed by atoms with Gasteiger partial charge in [0.1, 0.15) is 5.60 Å². The molecule has 2 unspecified atom stereocenters. The number of rotatable bonds is 4. The molecule has 0 heterocycles. The van der Waals surface area contributed by atoms with Gasteiger partial charge in [-0.15, -0.1) is 0 Å². The Morgan fingerprint density at radius 2 is 1.89 bits per heavy atom. The predicted octanol–water partition coefficient (Wildman–Crippen LogP) is 2.79. The maximum Gasteiger partial charge on any atom is 0.407 e. The first kappa shape index (κ1) is 15.8. The molecule has 1 fully saturated rings. The minimum Gasteiger partial charge on any atom is -0.481 e. The van der Waals surface area contributed by atoms with Crippen molar-refractivity contribution in [3.63, 3.8) is 0 Å². The fraction of sp³-hybridized carbons (Fsp3) is 0.857. The SMILES string of the molecule is CC(C)(C)OC(=O)NCCC1CCCCC1C(=O)O. The average molecular weight is 271 g/mol. The summed E-state index contributed by atoms with van der Waals surface area (Å²) in [5.74, 6) is -0.794. The smallest absolute Gasteiger partial charge is 0.407 e. The third-order valence-corrected chi connectivity index (χ3v) is 3.41. The van der Waals surface area contributed by atoms with Crippen LogP contribution in [0.15, 0.2) is 0 Å². The summed E-state index contributed by atoms with van der Waals surface area (Å²) in [6.45, 7) is 5.92. The van der Waals surface area contributed by atoms with E-state index in [1.807, 2.05) is 20.8 Å². The van der Waals surface area contributed by atoms with Crippen LogP contribution in [-0.4, -0.2) is 29.3 Å². The van der Waals surface area contributed by atoms with Crippen LogP contribution in [0.5, 0.6) is 0 Å². The summed E-state index contributed by atoms with van der Waals surface area (Å²) in [4.78, 5) is 22.6. The van der Waals surface area contributed by atoms with Crippen LogP contribution in [0, 0.1) is 11.8 Å². The maximum atomic E-state index is 11.5. The molecule has 0 aromatic heterocycles. The van der Waals surface area contributed by atoms with Gasteiger partial charge in [-0.3, -0.25) is 4.79 Å². The molecule has 0 radical (unpaired) electrons. The summed E-state index contributed by atoms with van der Waals surface area (Å²) < 4.78 is 5.14. The zero-order valence-corrected chi connectivity index (χ0v) is 12.1. The van der Waals surface area contributed by atoms with Crippen molar-refractivity contribution in [2.45, 2.75) is 58.5 Å². The lowest BCUT2D eigenvalue weighted by Gasteiger charge is -2.28. The molecule has 5 heteroatoms. The summed E-state index contributed by atoms with van der Waals surface area (Å²) in [6.07, 6.45) is 4.04. The highest BCUT2D eigenvalue weighted by Crippen LogP contribution is 2.32. The van der Waals surface area contributed by atoms with Gasteiger partial charge in [-0.05, 0) is 46.0 Å². The minimum absolute atomic E-state index is 0.168. The fourth-order valence-corrected chi connectivity index (χ4v) is 2.55. The number of hydrogen-bond acceptors (Lipinski definition) is 3. The van der Waals surface area contributed by atoms with Crippen molar-refractivity contribution in [2.24, 2.45) is 11.8 Å². The molecule has 19 heavy (non-hydrogen) atoms. The number of carbonyl (C=O) groups is 2. The first-order valence-electron chi connectivity index (χ1n) is 6.99. The molecule has 1 rings (SSSR count). The van der Waals surface area contributed by atoms with Gasteiger partial charge in [-0.2, -0.15) is 0 Å². The van der Waals surface area contributed by atoms with Crippen LogP contribution in [-0.2, 0) is 9.53 Å². The lowest BCUT2D eigenvalue weighted by Crippen LogP contribution is -2.35.